The number of hydrogen-bond acceptors (Lipinski definition) is 4. The quantitative estimate of drug-likeness (QED) is 0.795. The van der Waals surface area contributed by atoms with Gasteiger partial charge >= 0.3 is 0 Å². The molecule has 0 atom stereocenters. The van der Waals surface area contributed by atoms with Crippen molar-refractivity contribution in [1.29, 1.82) is 0 Å². The zero-order chi connectivity index (χ0) is 14.7. The summed E-state index contributed by atoms with van der Waals surface area (Å²) in [5.74, 6) is 1.40. The molecular formula is C16H17ClN2OS. The molecule has 0 spiro atoms. The monoisotopic (exact) mass is 320 g/mol. The van der Waals surface area contributed by atoms with E-state index in [0.717, 1.165) is 22.8 Å². The Morgan fingerprint density at radius 3 is 2.95 bits per heavy atom. The Morgan fingerprint density at radius 1 is 1.38 bits per heavy atom. The van der Waals surface area contributed by atoms with Gasteiger partial charge in [0.1, 0.15) is 5.75 Å². The Kier molecular flexibility index (Phi) is 4.68. The number of rotatable bonds is 6. The van der Waals surface area contributed by atoms with Crippen molar-refractivity contribution in [1.82, 2.24) is 10.3 Å². The normalized spacial score (nSPS) is 14.2. The van der Waals surface area contributed by atoms with Gasteiger partial charge in [0.2, 0.25) is 5.88 Å². The van der Waals surface area contributed by atoms with Gasteiger partial charge in [-0.3, -0.25) is 0 Å². The van der Waals surface area contributed by atoms with E-state index in [9.17, 15) is 0 Å². The molecular weight excluding hydrogens is 304 g/mol. The summed E-state index contributed by atoms with van der Waals surface area (Å²) < 4.78 is 5.90. The van der Waals surface area contributed by atoms with Crippen LogP contribution in [0.3, 0.4) is 0 Å². The van der Waals surface area contributed by atoms with Crippen LogP contribution in [0.2, 0.25) is 5.02 Å². The fraction of sp³-hybridized carbons (Fsp3) is 0.312. The molecule has 1 saturated carbocycles. The zero-order valence-electron chi connectivity index (χ0n) is 11.8. The average molecular weight is 321 g/mol. The van der Waals surface area contributed by atoms with Crippen LogP contribution in [0.4, 0.5) is 0 Å². The highest BCUT2D eigenvalue weighted by Crippen LogP contribution is 2.31. The third-order valence-electron chi connectivity index (χ3n) is 3.35. The zero-order valence-corrected chi connectivity index (χ0v) is 13.4. The van der Waals surface area contributed by atoms with Gasteiger partial charge in [0.05, 0.1) is 5.02 Å². The SMILES string of the molecule is CSc1ccccc1Oc1cc(CNC2CC2)c(Cl)cn1. The number of benzene rings is 1. The van der Waals surface area contributed by atoms with Crippen molar-refractivity contribution in [2.24, 2.45) is 0 Å². The third kappa shape index (κ3) is 3.90. The van der Waals surface area contributed by atoms with Gasteiger partial charge in [0.15, 0.2) is 0 Å². The molecule has 110 valence electrons. The van der Waals surface area contributed by atoms with Gasteiger partial charge in [0.25, 0.3) is 0 Å². The summed E-state index contributed by atoms with van der Waals surface area (Å²) in [4.78, 5) is 5.35. The van der Waals surface area contributed by atoms with E-state index < -0.39 is 0 Å². The summed E-state index contributed by atoms with van der Waals surface area (Å²) >= 11 is 7.85. The van der Waals surface area contributed by atoms with Crippen LogP contribution in [-0.4, -0.2) is 17.3 Å². The predicted octanol–water partition coefficient (Wildman–Crippen LogP) is 4.50. The maximum atomic E-state index is 6.20. The molecule has 1 aromatic heterocycles. The molecule has 0 aliphatic heterocycles. The summed E-state index contributed by atoms with van der Waals surface area (Å²) in [5.41, 5.74) is 1.02. The van der Waals surface area contributed by atoms with E-state index in [1.807, 2.05) is 36.6 Å². The number of nitrogens with zero attached hydrogens (tertiary/aromatic N) is 1. The Labute approximate surface area is 134 Å². The lowest BCUT2D eigenvalue weighted by Gasteiger charge is -2.11. The second kappa shape index (κ2) is 6.69. The van der Waals surface area contributed by atoms with Crippen LogP contribution in [0.5, 0.6) is 11.6 Å². The predicted molar refractivity (Wildman–Crippen MR) is 87.4 cm³/mol. The number of halogens is 1. The molecule has 0 bridgehead atoms. The van der Waals surface area contributed by atoms with Crippen molar-refractivity contribution in [3.63, 3.8) is 0 Å². The molecule has 1 aromatic carbocycles. The Morgan fingerprint density at radius 2 is 2.19 bits per heavy atom. The van der Waals surface area contributed by atoms with Gasteiger partial charge in [0, 0.05) is 29.7 Å². The minimum atomic E-state index is 0.577. The van der Waals surface area contributed by atoms with Gasteiger partial charge in [-0.1, -0.05) is 23.7 Å². The first-order valence-corrected chi connectivity index (χ1v) is 8.55. The minimum absolute atomic E-state index is 0.577. The van der Waals surface area contributed by atoms with Gasteiger partial charge < -0.3 is 10.1 Å². The van der Waals surface area contributed by atoms with E-state index in [1.54, 1.807) is 18.0 Å². The number of ether oxygens (including phenoxy) is 1. The number of pyridine rings is 1. The molecule has 1 fully saturated rings. The number of hydrogen-bond donors (Lipinski definition) is 1. The molecule has 0 radical (unpaired) electrons. The summed E-state index contributed by atoms with van der Waals surface area (Å²) in [6.07, 6.45) is 6.20. The van der Waals surface area contributed by atoms with Crippen molar-refractivity contribution in [3.8, 4) is 11.6 Å². The van der Waals surface area contributed by atoms with Gasteiger partial charge in [-0.25, -0.2) is 4.98 Å². The van der Waals surface area contributed by atoms with Crippen LogP contribution in [0.15, 0.2) is 41.4 Å². The molecule has 3 rings (SSSR count). The molecule has 0 saturated heterocycles. The lowest BCUT2D eigenvalue weighted by molar-refractivity contribution is 0.451. The molecule has 21 heavy (non-hydrogen) atoms. The first kappa shape index (κ1) is 14.7. The molecule has 1 aliphatic rings. The molecule has 5 heteroatoms. The lowest BCUT2D eigenvalue weighted by Crippen LogP contribution is -2.15. The van der Waals surface area contributed by atoms with Crippen LogP contribution in [0, 0.1) is 0 Å². The Bertz CT molecular complexity index is 631. The minimum Gasteiger partial charge on any atom is -0.438 e. The Balaban J connectivity index is 1.76. The first-order chi connectivity index (χ1) is 10.3. The number of thioether (sulfide) groups is 1. The summed E-state index contributed by atoms with van der Waals surface area (Å²) in [6.45, 7) is 0.757. The standard InChI is InChI=1S/C16H17ClN2OS/c1-21-15-5-3-2-4-14(15)20-16-8-11(13(17)10-19-16)9-18-12-6-7-12/h2-5,8,10,12,18H,6-7,9H2,1H3. The smallest absolute Gasteiger partial charge is 0.219 e. The highest BCUT2D eigenvalue weighted by Gasteiger charge is 2.20. The molecule has 2 aromatic rings. The van der Waals surface area contributed by atoms with E-state index >= 15 is 0 Å². The number of aromatic nitrogens is 1. The summed E-state index contributed by atoms with van der Waals surface area (Å²) in [6, 6.07) is 10.5. The lowest BCUT2D eigenvalue weighted by atomic mass is 10.2. The van der Waals surface area contributed by atoms with E-state index in [4.69, 9.17) is 16.3 Å². The van der Waals surface area contributed by atoms with E-state index in [1.165, 1.54) is 12.8 Å². The summed E-state index contributed by atoms with van der Waals surface area (Å²) in [5, 5.41) is 4.13. The highest BCUT2D eigenvalue weighted by atomic mass is 35.5. The van der Waals surface area contributed by atoms with Crippen LogP contribution in [-0.2, 0) is 6.54 Å². The molecule has 0 unspecified atom stereocenters. The largest absolute Gasteiger partial charge is 0.438 e. The number of nitrogens with one attached hydrogen (secondary N) is 1. The van der Waals surface area contributed by atoms with E-state index in [2.05, 4.69) is 10.3 Å². The van der Waals surface area contributed by atoms with Crippen molar-refractivity contribution < 1.29 is 4.74 Å². The van der Waals surface area contributed by atoms with Crippen LogP contribution in [0.25, 0.3) is 0 Å². The van der Waals surface area contributed by atoms with Crippen molar-refractivity contribution >= 4 is 23.4 Å². The maximum Gasteiger partial charge on any atom is 0.219 e. The van der Waals surface area contributed by atoms with Crippen molar-refractivity contribution in [2.75, 3.05) is 6.26 Å². The fourth-order valence-electron chi connectivity index (χ4n) is 2.01. The van der Waals surface area contributed by atoms with Crippen LogP contribution in [0.1, 0.15) is 18.4 Å². The fourth-order valence-corrected chi connectivity index (χ4v) is 2.70. The topological polar surface area (TPSA) is 34.1 Å². The van der Waals surface area contributed by atoms with Crippen LogP contribution < -0.4 is 10.1 Å². The highest BCUT2D eigenvalue weighted by molar-refractivity contribution is 7.98. The third-order valence-corrected chi connectivity index (χ3v) is 4.47. The van der Waals surface area contributed by atoms with Crippen LogP contribution >= 0.6 is 23.4 Å². The molecule has 0 amide bonds. The molecule has 3 nitrogen and oxygen atoms in total. The second-order valence-corrected chi connectivity index (χ2v) is 6.28. The number of para-hydroxylation sites is 1. The molecule has 1 heterocycles. The Hall–Kier alpha value is -1.23. The van der Waals surface area contributed by atoms with E-state index in [-0.39, 0.29) is 0 Å². The molecule has 1 aliphatic carbocycles. The first-order valence-electron chi connectivity index (χ1n) is 6.95. The second-order valence-electron chi connectivity index (χ2n) is 5.02. The van der Waals surface area contributed by atoms with Crippen molar-refractivity contribution in [2.45, 2.75) is 30.3 Å². The van der Waals surface area contributed by atoms with Crippen molar-refractivity contribution in [3.05, 3.63) is 47.1 Å². The maximum absolute atomic E-state index is 6.20. The van der Waals surface area contributed by atoms with Gasteiger partial charge in [-0.15, -0.1) is 11.8 Å². The molecule has 1 N–H and O–H groups in total. The summed E-state index contributed by atoms with van der Waals surface area (Å²) in [7, 11) is 0. The van der Waals surface area contributed by atoms with Gasteiger partial charge in [-0.2, -0.15) is 0 Å². The van der Waals surface area contributed by atoms with Gasteiger partial charge in [-0.05, 0) is 36.8 Å². The average Bonchev–Trinajstić information content (AvgIpc) is 3.32. The van der Waals surface area contributed by atoms with E-state index in [0.29, 0.717) is 16.9 Å².